The van der Waals surface area contributed by atoms with Crippen molar-refractivity contribution in [1.29, 1.82) is 0 Å². The molecule has 6 heteroatoms. The van der Waals surface area contributed by atoms with Gasteiger partial charge in [-0.2, -0.15) is 8.42 Å². The molecule has 0 saturated heterocycles. The Morgan fingerprint density at radius 2 is 1.78 bits per heavy atom. The molecule has 0 aliphatic heterocycles. The molecule has 0 atom stereocenters. The second kappa shape index (κ2) is 4.96. The maximum Gasteiger partial charge on any atom is 0.284 e. The van der Waals surface area contributed by atoms with Crippen LogP contribution in [0, 0.1) is 0 Å². The van der Waals surface area contributed by atoms with Crippen LogP contribution in [-0.2, 0) is 17.1 Å². The summed E-state index contributed by atoms with van der Waals surface area (Å²) in [6.07, 6.45) is 1.73. The lowest BCUT2D eigenvalue weighted by atomic mass is 10.4. The van der Waals surface area contributed by atoms with Gasteiger partial charge in [-0.1, -0.05) is 17.7 Å². The van der Waals surface area contributed by atoms with Crippen LogP contribution < -0.4 is 5.49 Å². The van der Waals surface area contributed by atoms with Crippen molar-refractivity contribution >= 4 is 21.6 Å². The van der Waals surface area contributed by atoms with Crippen LogP contribution in [-0.4, -0.2) is 13.0 Å². The first kappa shape index (κ1) is 12.9. The van der Waals surface area contributed by atoms with Gasteiger partial charge in [-0.3, -0.25) is 0 Å². The van der Waals surface area contributed by atoms with Crippen LogP contribution in [0.1, 0.15) is 0 Å². The maximum absolute atomic E-state index is 12.0. The summed E-state index contributed by atoms with van der Waals surface area (Å²) in [4.78, 5) is 0.121. The Hall–Kier alpha value is -1.59. The topological polar surface area (TPSA) is 51.4 Å². The molecule has 0 N–H and O–H groups in total. The first-order valence-electron chi connectivity index (χ1n) is 5.17. The lowest BCUT2D eigenvalue weighted by Crippen LogP contribution is -2.18. The van der Waals surface area contributed by atoms with Gasteiger partial charge in [-0.05, 0) is 36.4 Å². The highest BCUT2D eigenvalue weighted by Crippen LogP contribution is 2.15. The molecule has 94 valence electrons. The summed E-state index contributed by atoms with van der Waals surface area (Å²) in [6.45, 7) is 0. The molecule has 1 heterocycles. The Morgan fingerprint density at radius 1 is 1.11 bits per heavy atom. The number of aryl methyl sites for hydroxylation is 1. The zero-order chi connectivity index (χ0) is 13.2. The Kier molecular flexibility index (Phi) is 3.54. The van der Waals surface area contributed by atoms with Crippen LogP contribution in [0.25, 0.3) is 0 Å². The minimum absolute atomic E-state index is 0.121. The van der Waals surface area contributed by atoms with E-state index in [1.807, 2.05) is 0 Å². The number of rotatable bonds is 2. The Balaban J connectivity index is 2.55. The predicted molar refractivity (Wildman–Crippen MR) is 69.6 cm³/mol. The molecule has 2 aromatic rings. The molecule has 0 unspecified atom stereocenters. The third kappa shape index (κ3) is 2.80. The summed E-state index contributed by atoms with van der Waals surface area (Å²) in [5, 5.41) is 0.485. The van der Waals surface area contributed by atoms with Crippen molar-refractivity contribution in [2.24, 2.45) is 11.4 Å². The largest absolute Gasteiger partial charge is 0.335 e. The zero-order valence-corrected chi connectivity index (χ0v) is 11.2. The van der Waals surface area contributed by atoms with Gasteiger partial charge in [-0.25, -0.2) is 0 Å². The second-order valence-electron chi connectivity index (χ2n) is 3.69. The summed E-state index contributed by atoms with van der Waals surface area (Å²) in [5.74, 6) is 0. The summed E-state index contributed by atoms with van der Waals surface area (Å²) in [6, 6.07) is 11.1. The molecule has 0 spiro atoms. The van der Waals surface area contributed by atoms with Crippen molar-refractivity contribution in [2.75, 3.05) is 0 Å². The van der Waals surface area contributed by atoms with Gasteiger partial charge in [0.1, 0.15) is 5.49 Å². The van der Waals surface area contributed by atoms with E-state index in [0.29, 0.717) is 10.5 Å². The average Bonchev–Trinajstić information content (AvgIpc) is 2.32. The third-order valence-electron chi connectivity index (χ3n) is 2.35. The lowest BCUT2D eigenvalue weighted by molar-refractivity contribution is 0.595. The fourth-order valence-electron chi connectivity index (χ4n) is 1.39. The first-order valence-corrected chi connectivity index (χ1v) is 6.99. The van der Waals surface area contributed by atoms with Gasteiger partial charge in [0.25, 0.3) is 10.0 Å². The van der Waals surface area contributed by atoms with Crippen LogP contribution in [0.15, 0.2) is 58.0 Å². The van der Waals surface area contributed by atoms with Gasteiger partial charge in [-0.15, -0.1) is 4.40 Å². The van der Waals surface area contributed by atoms with Crippen LogP contribution in [0.5, 0.6) is 0 Å². The molecule has 0 radical (unpaired) electrons. The molecular formula is C12H11ClN2O2S. The van der Waals surface area contributed by atoms with E-state index in [1.165, 1.54) is 24.3 Å². The molecule has 0 bridgehead atoms. The lowest BCUT2D eigenvalue weighted by Gasteiger charge is -2.01. The Labute approximate surface area is 110 Å². The summed E-state index contributed by atoms with van der Waals surface area (Å²) >= 11 is 5.72. The van der Waals surface area contributed by atoms with Crippen molar-refractivity contribution < 1.29 is 8.42 Å². The summed E-state index contributed by atoms with van der Waals surface area (Å²) in [5.41, 5.74) is 0.368. The Morgan fingerprint density at radius 3 is 2.39 bits per heavy atom. The molecule has 0 amide bonds. The van der Waals surface area contributed by atoms with Crippen molar-refractivity contribution in [2.45, 2.75) is 4.90 Å². The van der Waals surface area contributed by atoms with Crippen LogP contribution in [0.2, 0.25) is 5.02 Å². The minimum Gasteiger partial charge on any atom is -0.335 e. The van der Waals surface area contributed by atoms with E-state index in [2.05, 4.69) is 4.40 Å². The molecule has 18 heavy (non-hydrogen) atoms. The van der Waals surface area contributed by atoms with Gasteiger partial charge in [0, 0.05) is 18.3 Å². The minimum atomic E-state index is -3.71. The van der Waals surface area contributed by atoms with Gasteiger partial charge >= 0.3 is 0 Å². The number of sulfonamides is 1. The highest BCUT2D eigenvalue weighted by atomic mass is 35.5. The molecular weight excluding hydrogens is 272 g/mol. The first-order chi connectivity index (χ1) is 8.49. The van der Waals surface area contributed by atoms with Crippen LogP contribution in [0.3, 0.4) is 0 Å². The number of hydrogen-bond donors (Lipinski definition) is 0. The van der Waals surface area contributed by atoms with E-state index in [9.17, 15) is 8.42 Å². The van der Waals surface area contributed by atoms with E-state index in [1.54, 1.807) is 36.0 Å². The maximum atomic E-state index is 12.0. The zero-order valence-electron chi connectivity index (χ0n) is 9.62. The highest BCUT2D eigenvalue weighted by molar-refractivity contribution is 7.90. The van der Waals surface area contributed by atoms with Crippen molar-refractivity contribution in [3.8, 4) is 0 Å². The number of nitrogens with zero attached hydrogens (tertiary/aromatic N) is 2. The van der Waals surface area contributed by atoms with Crippen molar-refractivity contribution in [3.05, 3.63) is 59.2 Å². The van der Waals surface area contributed by atoms with E-state index in [4.69, 9.17) is 11.6 Å². The molecule has 2 rings (SSSR count). The van der Waals surface area contributed by atoms with E-state index < -0.39 is 10.0 Å². The normalized spacial score (nSPS) is 12.7. The van der Waals surface area contributed by atoms with E-state index in [0.717, 1.165) is 0 Å². The van der Waals surface area contributed by atoms with Gasteiger partial charge in [0.2, 0.25) is 0 Å². The third-order valence-corrected chi connectivity index (χ3v) is 3.90. The number of halogens is 1. The van der Waals surface area contributed by atoms with Crippen LogP contribution >= 0.6 is 11.6 Å². The summed E-state index contributed by atoms with van der Waals surface area (Å²) < 4.78 is 29.5. The van der Waals surface area contributed by atoms with Crippen LogP contribution in [0.4, 0.5) is 0 Å². The van der Waals surface area contributed by atoms with E-state index >= 15 is 0 Å². The molecule has 0 aliphatic carbocycles. The molecule has 0 fully saturated rings. The molecule has 0 saturated carbocycles. The van der Waals surface area contributed by atoms with Gasteiger partial charge in [0.05, 0.1) is 4.90 Å². The standard InChI is InChI=1S/C12H11ClN2O2S/c1-15-9-3-2-4-12(15)14-18(16,17)11-7-5-10(13)6-8-11/h2-9H,1H3. The second-order valence-corrected chi connectivity index (χ2v) is 5.73. The van der Waals surface area contributed by atoms with Gasteiger partial charge in [0.15, 0.2) is 0 Å². The summed E-state index contributed by atoms with van der Waals surface area (Å²) in [7, 11) is -1.97. The quantitative estimate of drug-likeness (QED) is 0.845. The van der Waals surface area contributed by atoms with E-state index in [-0.39, 0.29) is 4.90 Å². The Bertz CT molecular complexity index is 718. The predicted octanol–water partition coefficient (Wildman–Crippen LogP) is 1.97. The number of aromatic nitrogens is 1. The number of benzene rings is 1. The monoisotopic (exact) mass is 282 g/mol. The smallest absolute Gasteiger partial charge is 0.284 e. The molecule has 0 aliphatic rings. The average molecular weight is 283 g/mol. The van der Waals surface area contributed by atoms with Gasteiger partial charge < -0.3 is 4.57 Å². The molecule has 1 aromatic heterocycles. The fraction of sp³-hybridized carbons (Fsp3) is 0.0833. The highest BCUT2D eigenvalue weighted by Gasteiger charge is 2.11. The van der Waals surface area contributed by atoms with Crippen molar-refractivity contribution in [3.63, 3.8) is 0 Å². The fourth-order valence-corrected chi connectivity index (χ4v) is 2.54. The molecule has 1 aromatic carbocycles. The molecule has 4 nitrogen and oxygen atoms in total. The number of hydrogen-bond acceptors (Lipinski definition) is 2. The number of pyridine rings is 1. The van der Waals surface area contributed by atoms with Crippen molar-refractivity contribution in [1.82, 2.24) is 4.57 Å². The SMILES string of the molecule is Cn1ccccc1=NS(=O)(=O)c1ccc(Cl)cc1.